The molecule has 0 bridgehead atoms. The Balaban J connectivity index is 0. The number of carboxylic acid groups (broad SMARTS) is 2. The van der Waals surface area contributed by atoms with E-state index < -0.39 is 27.5 Å². The molecule has 0 radical (unpaired) electrons. The van der Waals surface area contributed by atoms with Crippen LogP contribution in [0.1, 0.15) is 0 Å². The SMILES string of the molecule is O.O=C([O-])[O-].O=C1O[Si]2(O1)OC(=O)O2.[Ca+2]. The van der Waals surface area contributed by atoms with Crippen LogP contribution in [0.3, 0.4) is 0 Å². The molecule has 2 rings (SSSR count). The summed E-state index contributed by atoms with van der Waals surface area (Å²) in [6.07, 6.45) is -4.04. The van der Waals surface area contributed by atoms with E-state index in [-0.39, 0.29) is 43.2 Å². The standard InChI is InChI=1S/C2O6Si.CH2O3.Ca.H2O/c3-1-5-9(6-1)7-2(4)8-9;2-1(3)4;;/h;(H2,2,3,4);;1H2/q;;+2;/p-2. The van der Waals surface area contributed by atoms with Crippen molar-refractivity contribution in [1.29, 1.82) is 0 Å². The largest absolute Gasteiger partial charge is 2.00 e. The smallest absolute Gasteiger partial charge is 0.652 e. The van der Waals surface area contributed by atoms with Gasteiger partial charge in [-0.05, 0) is 6.16 Å². The van der Waals surface area contributed by atoms with Gasteiger partial charge in [0.15, 0.2) is 0 Å². The summed E-state index contributed by atoms with van der Waals surface area (Å²) in [7, 11) is -3.12. The van der Waals surface area contributed by atoms with Crippen molar-refractivity contribution in [2.75, 3.05) is 0 Å². The van der Waals surface area contributed by atoms with Crippen LogP contribution in [-0.2, 0) is 17.7 Å². The number of carbonyl (C=O) groups is 3. The molecule has 12 heteroatoms. The molecule has 0 aromatic rings. The summed E-state index contributed by atoms with van der Waals surface area (Å²) < 4.78 is 17.0. The molecular formula is C3H2CaO10Si. The quantitative estimate of drug-likeness (QED) is 0.398. The second-order valence-corrected chi connectivity index (χ2v) is 3.47. The summed E-state index contributed by atoms with van der Waals surface area (Å²) in [5.41, 5.74) is 0. The molecule has 2 N–H and O–H groups in total. The van der Waals surface area contributed by atoms with Crippen LogP contribution in [0.4, 0.5) is 14.4 Å². The minimum atomic E-state index is -3.12. The zero-order valence-electron chi connectivity index (χ0n) is 6.88. The Morgan fingerprint density at radius 1 is 1.00 bits per heavy atom. The van der Waals surface area contributed by atoms with Crippen molar-refractivity contribution in [2.45, 2.75) is 0 Å². The molecule has 0 amide bonds. The van der Waals surface area contributed by atoms with Crippen LogP contribution in [0.5, 0.6) is 0 Å². The van der Waals surface area contributed by atoms with Gasteiger partial charge in [-0.15, -0.1) is 0 Å². The van der Waals surface area contributed by atoms with E-state index in [1.807, 2.05) is 0 Å². The Morgan fingerprint density at radius 3 is 1.33 bits per heavy atom. The van der Waals surface area contributed by atoms with Crippen LogP contribution in [0.15, 0.2) is 0 Å². The van der Waals surface area contributed by atoms with E-state index in [0.29, 0.717) is 0 Å². The van der Waals surface area contributed by atoms with Gasteiger partial charge in [-0.25, -0.2) is 9.59 Å². The topological polar surface area (TPSA) is 166 Å². The molecule has 0 atom stereocenters. The van der Waals surface area contributed by atoms with Crippen molar-refractivity contribution < 1.29 is 47.8 Å². The molecule has 0 aromatic carbocycles. The zero-order chi connectivity index (χ0) is 10.1. The van der Waals surface area contributed by atoms with Gasteiger partial charge in [-0.1, -0.05) is 0 Å². The zero-order valence-corrected chi connectivity index (χ0v) is 10.1. The molecule has 2 saturated heterocycles. The molecule has 2 aliphatic heterocycles. The summed E-state index contributed by atoms with van der Waals surface area (Å²) in [6, 6.07) is 0. The van der Waals surface area contributed by atoms with Crippen molar-refractivity contribution in [3.8, 4) is 0 Å². The molecule has 2 fully saturated rings. The second-order valence-electron chi connectivity index (χ2n) is 1.66. The first kappa shape index (κ1) is 16.7. The maximum absolute atomic E-state index is 9.93. The third kappa shape index (κ3) is 4.52. The van der Waals surface area contributed by atoms with Gasteiger partial charge in [0.25, 0.3) is 0 Å². The Kier molecular flexibility index (Phi) is 6.63. The fourth-order valence-electron chi connectivity index (χ4n) is 0.507. The van der Waals surface area contributed by atoms with Gasteiger partial charge in [0.1, 0.15) is 0 Å². The molecule has 2 heterocycles. The van der Waals surface area contributed by atoms with Gasteiger partial charge in [0.05, 0.1) is 0 Å². The Morgan fingerprint density at radius 2 is 1.20 bits per heavy atom. The van der Waals surface area contributed by atoms with Crippen LogP contribution >= 0.6 is 0 Å². The predicted molar refractivity (Wildman–Crippen MR) is 35.6 cm³/mol. The first-order valence-electron chi connectivity index (χ1n) is 2.65. The van der Waals surface area contributed by atoms with E-state index in [4.69, 9.17) is 15.0 Å². The van der Waals surface area contributed by atoms with Crippen LogP contribution in [0.2, 0.25) is 0 Å². The fourth-order valence-corrected chi connectivity index (χ4v) is 1.52. The van der Waals surface area contributed by atoms with Crippen LogP contribution in [-0.4, -0.2) is 70.7 Å². The maximum Gasteiger partial charge on any atom is 2.00 e. The molecule has 80 valence electrons. The molecule has 0 unspecified atom stereocenters. The van der Waals surface area contributed by atoms with Crippen LogP contribution < -0.4 is 10.2 Å². The molecule has 2 aliphatic rings. The van der Waals surface area contributed by atoms with Crippen molar-refractivity contribution in [1.82, 2.24) is 0 Å². The number of hydrogen-bond acceptors (Lipinski definition) is 9. The minimum absolute atomic E-state index is 0. The van der Waals surface area contributed by atoms with Gasteiger partial charge in [0.2, 0.25) is 0 Å². The molecule has 10 nitrogen and oxygen atoms in total. The van der Waals surface area contributed by atoms with Gasteiger partial charge in [-0.2, -0.15) is 0 Å². The first-order chi connectivity index (χ1) is 5.93. The molecule has 0 aromatic heterocycles. The van der Waals surface area contributed by atoms with E-state index >= 15 is 0 Å². The minimum Gasteiger partial charge on any atom is -0.652 e. The second kappa shape index (κ2) is 5.97. The Labute approximate surface area is 112 Å². The van der Waals surface area contributed by atoms with Gasteiger partial charge in [0, 0.05) is 0 Å². The average molecular weight is 266 g/mol. The monoisotopic (exact) mass is 266 g/mol. The summed E-state index contributed by atoms with van der Waals surface area (Å²) in [5, 5.41) is 16.7. The summed E-state index contributed by atoms with van der Waals surface area (Å²) in [5.74, 6) is 0. The van der Waals surface area contributed by atoms with E-state index in [0.717, 1.165) is 0 Å². The molecule has 0 aliphatic carbocycles. The van der Waals surface area contributed by atoms with Gasteiger partial charge < -0.3 is 38.2 Å². The van der Waals surface area contributed by atoms with E-state index in [1.165, 1.54) is 0 Å². The summed E-state index contributed by atoms with van der Waals surface area (Å²) in [4.78, 5) is 28.2. The summed E-state index contributed by atoms with van der Waals surface area (Å²) in [6.45, 7) is 0. The van der Waals surface area contributed by atoms with E-state index in [9.17, 15) is 9.59 Å². The fraction of sp³-hybridized carbons (Fsp3) is 0. The first-order valence-corrected chi connectivity index (χ1v) is 4.29. The van der Waals surface area contributed by atoms with Crippen molar-refractivity contribution in [3.05, 3.63) is 0 Å². The number of carbonyl (C=O) groups excluding carboxylic acids is 3. The van der Waals surface area contributed by atoms with Crippen molar-refractivity contribution in [2.24, 2.45) is 0 Å². The molecular weight excluding hydrogens is 264 g/mol. The van der Waals surface area contributed by atoms with Crippen LogP contribution in [0, 0.1) is 0 Å². The summed E-state index contributed by atoms with van der Waals surface area (Å²) >= 11 is 0. The average Bonchev–Trinajstić information content (AvgIpc) is 1.79. The Hall–Kier alpha value is -0.753. The van der Waals surface area contributed by atoms with E-state index in [1.54, 1.807) is 0 Å². The molecule has 15 heavy (non-hydrogen) atoms. The van der Waals surface area contributed by atoms with E-state index in [2.05, 4.69) is 17.7 Å². The third-order valence-electron chi connectivity index (χ3n) is 0.833. The van der Waals surface area contributed by atoms with Gasteiger partial charge >= 0.3 is 59.1 Å². The predicted octanol–water partition coefficient (Wildman–Crippen LogP) is -3.90. The third-order valence-corrected chi connectivity index (χ3v) is 2.50. The number of rotatable bonds is 0. The van der Waals surface area contributed by atoms with Crippen LogP contribution in [0.25, 0.3) is 0 Å². The number of hydrogen-bond donors (Lipinski definition) is 0. The maximum atomic E-state index is 9.93. The van der Waals surface area contributed by atoms with Crippen molar-refractivity contribution >= 4 is 65.3 Å². The normalized spacial score (nSPS) is 17.3. The Bertz CT molecular complexity index is 230. The molecule has 0 saturated carbocycles. The van der Waals surface area contributed by atoms with Crippen molar-refractivity contribution in [3.63, 3.8) is 0 Å². The van der Waals surface area contributed by atoms with Gasteiger partial charge in [-0.3, -0.25) is 0 Å². The molecule has 1 spiro atoms.